The molecule has 0 atom stereocenters. The van der Waals surface area contributed by atoms with E-state index in [2.05, 4.69) is 4.98 Å². The highest BCUT2D eigenvalue weighted by molar-refractivity contribution is 7.14. The Morgan fingerprint density at radius 1 is 1.36 bits per heavy atom. The summed E-state index contributed by atoms with van der Waals surface area (Å²) >= 11 is 1.36. The van der Waals surface area contributed by atoms with Crippen molar-refractivity contribution in [3.8, 4) is 11.8 Å². The SMILES string of the molecule is CCN(C(C)=O)c1nc(/C=C/C(=O)c2ccc(OCC#N)cc2)cs1. The molecule has 1 heterocycles. The maximum absolute atomic E-state index is 12.2. The molecule has 0 aliphatic rings. The minimum atomic E-state index is -0.166. The largest absolute Gasteiger partial charge is 0.479 e. The van der Waals surface area contributed by atoms with Crippen molar-refractivity contribution in [3.05, 3.63) is 47.0 Å². The Balaban J connectivity index is 2.04. The van der Waals surface area contributed by atoms with Crippen LogP contribution in [-0.4, -0.2) is 29.8 Å². The Labute approximate surface area is 150 Å². The minimum Gasteiger partial charge on any atom is -0.479 e. The van der Waals surface area contributed by atoms with Crippen LogP contribution in [0.1, 0.15) is 29.9 Å². The van der Waals surface area contributed by atoms with E-state index in [0.29, 0.717) is 28.7 Å². The molecule has 0 spiro atoms. The van der Waals surface area contributed by atoms with E-state index in [9.17, 15) is 9.59 Å². The number of carbonyl (C=O) groups excluding carboxylic acids is 2. The van der Waals surface area contributed by atoms with Crippen molar-refractivity contribution in [2.24, 2.45) is 0 Å². The van der Waals surface area contributed by atoms with Crippen LogP contribution >= 0.6 is 11.3 Å². The molecule has 0 fully saturated rings. The molecule has 0 bridgehead atoms. The van der Waals surface area contributed by atoms with Gasteiger partial charge in [-0.1, -0.05) is 0 Å². The molecule has 0 radical (unpaired) electrons. The van der Waals surface area contributed by atoms with Crippen LogP contribution in [0.5, 0.6) is 5.75 Å². The van der Waals surface area contributed by atoms with Crippen LogP contribution in [0.3, 0.4) is 0 Å². The summed E-state index contributed by atoms with van der Waals surface area (Å²) in [6.45, 7) is 3.89. The number of rotatable bonds is 7. The summed E-state index contributed by atoms with van der Waals surface area (Å²) in [5.41, 5.74) is 1.14. The van der Waals surface area contributed by atoms with Crippen LogP contribution in [0.2, 0.25) is 0 Å². The Bertz CT molecular complexity index is 819. The van der Waals surface area contributed by atoms with Gasteiger partial charge in [0, 0.05) is 24.4 Å². The maximum Gasteiger partial charge on any atom is 0.225 e. The molecule has 1 aromatic heterocycles. The number of aromatic nitrogens is 1. The van der Waals surface area contributed by atoms with Gasteiger partial charge < -0.3 is 4.74 Å². The first-order chi connectivity index (χ1) is 12.0. The lowest BCUT2D eigenvalue weighted by atomic mass is 10.1. The van der Waals surface area contributed by atoms with Crippen LogP contribution in [-0.2, 0) is 4.79 Å². The molecule has 2 aromatic rings. The number of anilines is 1. The van der Waals surface area contributed by atoms with Crippen molar-refractivity contribution in [1.29, 1.82) is 5.26 Å². The lowest BCUT2D eigenvalue weighted by Crippen LogP contribution is -2.27. The molecule has 25 heavy (non-hydrogen) atoms. The van der Waals surface area contributed by atoms with E-state index in [1.807, 2.05) is 13.0 Å². The van der Waals surface area contributed by atoms with Gasteiger partial charge in [0.2, 0.25) is 5.91 Å². The molecular weight excluding hydrogens is 338 g/mol. The molecule has 2 rings (SSSR count). The van der Waals surface area contributed by atoms with Gasteiger partial charge in [0.05, 0.1) is 5.69 Å². The zero-order valence-electron chi connectivity index (χ0n) is 13.9. The van der Waals surface area contributed by atoms with Gasteiger partial charge >= 0.3 is 0 Å². The Kier molecular flexibility index (Phi) is 6.43. The number of benzene rings is 1. The number of nitriles is 1. The third-order valence-electron chi connectivity index (χ3n) is 3.28. The molecule has 0 saturated heterocycles. The number of amides is 1. The van der Waals surface area contributed by atoms with E-state index in [-0.39, 0.29) is 18.3 Å². The lowest BCUT2D eigenvalue weighted by molar-refractivity contribution is -0.116. The number of carbonyl (C=O) groups is 2. The topological polar surface area (TPSA) is 83.3 Å². The highest BCUT2D eigenvalue weighted by atomic mass is 32.1. The number of allylic oxidation sites excluding steroid dienone is 1. The average molecular weight is 355 g/mol. The first kappa shape index (κ1) is 18.4. The van der Waals surface area contributed by atoms with Gasteiger partial charge in [0.1, 0.15) is 11.8 Å². The molecule has 0 saturated carbocycles. The number of hydrogen-bond donors (Lipinski definition) is 0. The summed E-state index contributed by atoms with van der Waals surface area (Å²) in [5.74, 6) is 0.303. The molecule has 1 amide bonds. The fourth-order valence-electron chi connectivity index (χ4n) is 2.06. The summed E-state index contributed by atoms with van der Waals surface area (Å²) in [6, 6.07) is 8.45. The lowest BCUT2D eigenvalue weighted by Gasteiger charge is -2.14. The number of nitrogens with zero attached hydrogens (tertiary/aromatic N) is 3. The third kappa shape index (κ3) is 4.99. The number of ketones is 1. The molecule has 7 heteroatoms. The van der Waals surface area contributed by atoms with E-state index < -0.39 is 0 Å². The zero-order valence-corrected chi connectivity index (χ0v) is 14.7. The molecule has 1 aromatic carbocycles. The molecule has 0 aliphatic carbocycles. The second-order valence-corrected chi connectivity index (χ2v) is 5.82. The van der Waals surface area contributed by atoms with Crippen molar-refractivity contribution < 1.29 is 14.3 Å². The Morgan fingerprint density at radius 3 is 2.68 bits per heavy atom. The monoisotopic (exact) mass is 355 g/mol. The summed E-state index contributed by atoms with van der Waals surface area (Å²) in [6.07, 6.45) is 3.06. The number of ether oxygens (including phenoxy) is 1. The van der Waals surface area contributed by atoms with Gasteiger partial charge in [-0.25, -0.2) is 4.98 Å². The zero-order chi connectivity index (χ0) is 18.2. The van der Waals surface area contributed by atoms with Crippen LogP contribution in [0, 0.1) is 11.3 Å². The van der Waals surface area contributed by atoms with Crippen LogP contribution in [0.25, 0.3) is 6.08 Å². The summed E-state index contributed by atoms with van der Waals surface area (Å²) < 4.78 is 5.14. The molecule has 0 N–H and O–H groups in total. The predicted octanol–water partition coefficient (Wildman–Crippen LogP) is 3.31. The second kappa shape index (κ2) is 8.76. The summed E-state index contributed by atoms with van der Waals surface area (Å²) in [5, 5.41) is 10.9. The quantitative estimate of drug-likeness (QED) is 0.562. The smallest absolute Gasteiger partial charge is 0.225 e. The molecule has 0 aliphatic heterocycles. The van der Waals surface area contributed by atoms with Crippen molar-refractivity contribution in [2.75, 3.05) is 18.1 Å². The van der Waals surface area contributed by atoms with E-state index in [0.717, 1.165) is 0 Å². The van der Waals surface area contributed by atoms with Gasteiger partial charge in [0.15, 0.2) is 17.5 Å². The first-order valence-electron chi connectivity index (χ1n) is 7.61. The van der Waals surface area contributed by atoms with E-state index in [1.165, 1.54) is 24.3 Å². The van der Waals surface area contributed by atoms with Crippen LogP contribution in [0.15, 0.2) is 35.7 Å². The predicted molar refractivity (Wildman–Crippen MR) is 96.7 cm³/mol. The molecule has 6 nitrogen and oxygen atoms in total. The fourth-order valence-corrected chi connectivity index (χ4v) is 2.96. The fraction of sp³-hybridized carbons (Fsp3) is 0.222. The van der Waals surface area contributed by atoms with E-state index in [4.69, 9.17) is 10.00 Å². The molecular formula is C18H17N3O3S. The van der Waals surface area contributed by atoms with Crippen molar-refractivity contribution in [1.82, 2.24) is 4.98 Å². The number of hydrogen-bond acceptors (Lipinski definition) is 6. The third-order valence-corrected chi connectivity index (χ3v) is 4.17. The van der Waals surface area contributed by atoms with Gasteiger partial charge in [-0.2, -0.15) is 5.26 Å². The van der Waals surface area contributed by atoms with Gasteiger partial charge in [-0.05, 0) is 43.3 Å². The molecule has 0 unspecified atom stereocenters. The van der Waals surface area contributed by atoms with Gasteiger partial charge in [0.25, 0.3) is 0 Å². The Hall–Kier alpha value is -2.98. The van der Waals surface area contributed by atoms with Crippen LogP contribution in [0.4, 0.5) is 5.13 Å². The number of thiazole rings is 1. The highest BCUT2D eigenvalue weighted by Gasteiger charge is 2.12. The van der Waals surface area contributed by atoms with Crippen molar-refractivity contribution in [3.63, 3.8) is 0 Å². The summed E-state index contributed by atoms with van der Waals surface area (Å²) in [7, 11) is 0. The second-order valence-electron chi connectivity index (χ2n) is 4.99. The van der Waals surface area contributed by atoms with E-state index >= 15 is 0 Å². The first-order valence-corrected chi connectivity index (χ1v) is 8.49. The highest BCUT2D eigenvalue weighted by Crippen LogP contribution is 2.21. The maximum atomic E-state index is 12.2. The van der Waals surface area contributed by atoms with Gasteiger partial charge in [-0.3, -0.25) is 14.5 Å². The van der Waals surface area contributed by atoms with Gasteiger partial charge in [-0.15, -0.1) is 11.3 Å². The summed E-state index contributed by atoms with van der Waals surface area (Å²) in [4.78, 5) is 29.6. The standard InChI is InChI=1S/C18H17N3O3S/c1-3-21(13(2)22)18-20-15(12-25-18)6-9-17(23)14-4-7-16(8-5-14)24-11-10-19/h4-9,12H,3,11H2,1-2H3/b9-6+. The van der Waals surface area contributed by atoms with Crippen molar-refractivity contribution >= 4 is 34.2 Å². The van der Waals surface area contributed by atoms with E-state index in [1.54, 1.807) is 40.6 Å². The normalized spacial score (nSPS) is 10.4. The van der Waals surface area contributed by atoms with Crippen molar-refractivity contribution in [2.45, 2.75) is 13.8 Å². The minimum absolute atomic E-state index is 0.0333. The average Bonchev–Trinajstić information content (AvgIpc) is 3.07. The van der Waals surface area contributed by atoms with Crippen LogP contribution < -0.4 is 9.64 Å². The molecule has 128 valence electrons. The Morgan fingerprint density at radius 2 is 2.08 bits per heavy atom.